The monoisotopic (exact) mass is 253 g/mol. The number of hydrogen-bond acceptors (Lipinski definition) is 3. The molecule has 19 heavy (non-hydrogen) atoms. The van der Waals surface area contributed by atoms with Crippen LogP contribution >= 0.6 is 0 Å². The maximum atomic E-state index is 4.09. The third kappa shape index (κ3) is 2.99. The maximum absolute atomic E-state index is 4.09. The molecule has 3 rings (SSSR count). The normalized spacial score (nSPS) is 21.9. The molecule has 1 fully saturated rings. The lowest BCUT2D eigenvalue weighted by molar-refractivity contribution is 0.288. The van der Waals surface area contributed by atoms with E-state index in [0.717, 1.165) is 18.2 Å². The van der Waals surface area contributed by atoms with Crippen molar-refractivity contribution >= 4 is 0 Å². The molecule has 1 saturated carbocycles. The summed E-state index contributed by atoms with van der Waals surface area (Å²) in [5, 5.41) is 11.5. The lowest BCUT2D eigenvalue weighted by atomic mass is 9.75. The first-order valence-electron chi connectivity index (χ1n) is 6.88. The highest BCUT2D eigenvalue weighted by molar-refractivity contribution is 5.27. The molecule has 0 spiro atoms. The molecule has 1 N–H and O–H groups in total. The minimum absolute atomic E-state index is 0.618. The Morgan fingerprint density at radius 3 is 2.84 bits per heavy atom. The fraction of sp³-hybridized carbons (Fsp3) is 0.375. The first-order valence-corrected chi connectivity index (χ1v) is 6.88. The van der Waals surface area contributed by atoms with Crippen LogP contribution in [0.3, 0.4) is 0 Å². The van der Waals surface area contributed by atoms with Crippen molar-refractivity contribution in [3.63, 3.8) is 0 Å². The van der Waals surface area contributed by atoms with Gasteiger partial charge >= 0.3 is 0 Å². The van der Waals surface area contributed by atoms with Crippen LogP contribution < -0.4 is 5.32 Å². The molecule has 0 atom stereocenters. The first kappa shape index (κ1) is 12.3. The number of nitrogens with one attached hydrogen (secondary N) is 1. The van der Waals surface area contributed by atoms with Crippen molar-refractivity contribution < 1.29 is 0 Å². The zero-order valence-corrected chi connectivity index (χ0v) is 11.2. The summed E-state index contributed by atoms with van der Waals surface area (Å²) in [5.74, 6) is 0.722. The van der Waals surface area contributed by atoms with E-state index in [1.807, 2.05) is 12.1 Å². The molecule has 1 aliphatic carbocycles. The quantitative estimate of drug-likeness (QED) is 0.910. The zero-order valence-electron chi connectivity index (χ0n) is 11.2. The standard InChI is InChI=1S/C16H19N3/c1-12-4-2-5-13(8-12)14-9-16(10-14)17-11-15-6-3-7-18-19-15/h2-8,14,16-17H,9-11H2,1H3. The van der Waals surface area contributed by atoms with Crippen LogP contribution in [0.2, 0.25) is 0 Å². The van der Waals surface area contributed by atoms with Crippen molar-refractivity contribution in [3.8, 4) is 0 Å². The molecule has 0 saturated heterocycles. The van der Waals surface area contributed by atoms with Crippen LogP contribution in [0.5, 0.6) is 0 Å². The number of nitrogens with zero attached hydrogens (tertiary/aromatic N) is 2. The highest BCUT2D eigenvalue weighted by atomic mass is 15.1. The smallest absolute Gasteiger partial charge is 0.0769 e. The van der Waals surface area contributed by atoms with Crippen LogP contribution in [0.15, 0.2) is 42.6 Å². The summed E-state index contributed by atoms with van der Waals surface area (Å²) in [6.07, 6.45) is 4.16. The molecule has 0 unspecified atom stereocenters. The molecule has 0 aliphatic heterocycles. The molecule has 0 radical (unpaired) electrons. The summed E-state index contributed by atoms with van der Waals surface area (Å²) in [6.45, 7) is 2.98. The fourth-order valence-corrected chi connectivity index (χ4v) is 2.66. The van der Waals surface area contributed by atoms with Crippen LogP contribution in [0, 0.1) is 6.92 Å². The number of aromatic nitrogens is 2. The lowest BCUT2D eigenvalue weighted by Crippen LogP contribution is -2.39. The van der Waals surface area contributed by atoms with Crippen LogP contribution in [-0.2, 0) is 6.54 Å². The summed E-state index contributed by atoms with van der Waals surface area (Å²) in [4.78, 5) is 0. The second-order valence-corrected chi connectivity index (χ2v) is 5.38. The summed E-state index contributed by atoms with van der Waals surface area (Å²) in [6, 6.07) is 13.4. The summed E-state index contributed by atoms with van der Waals surface area (Å²) in [5.41, 5.74) is 3.85. The molecule has 2 aromatic rings. The van der Waals surface area contributed by atoms with Gasteiger partial charge in [0, 0.05) is 18.8 Å². The molecule has 3 nitrogen and oxygen atoms in total. The third-order valence-corrected chi connectivity index (χ3v) is 3.85. The van der Waals surface area contributed by atoms with Crippen LogP contribution in [0.1, 0.15) is 35.6 Å². The molecule has 1 aromatic carbocycles. The molecule has 3 heteroatoms. The SMILES string of the molecule is Cc1cccc(C2CC(NCc3cccnn3)C2)c1. The molecule has 1 aliphatic rings. The minimum Gasteiger partial charge on any atom is -0.308 e. The second-order valence-electron chi connectivity index (χ2n) is 5.38. The summed E-state index contributed by atoms with van der Waals surface area (Å²) in [7, 11) is 0. The Hall–Kier alpha value is -1.74. The van der Waals surface area contributed by atoms with Gasteiger partial charge in [-0.25, -0.2) is 0 Å². The van der Waals surface area contributed by atoms with E-state index in [9.17, 15) is 0 Å². The Kier molecular flexibility index (Phi) is 3.56. The Morgan fingerprint density at radius 2 is 2.11 bits per heavy atom. The topological polar surface area (TPSA) is 37.8 Å². The van der Waals surface area contributed by atoms with Crippen molar-refractivity contribution in [1.29, 1.82) is 0 Å². The summed E-state index contributed by atoms with van der Waals surface area (Å²) < 4.78 is 0. The van der Waals surface area contributed by atoms with E-state index in [1.165, 1.54) is 24.0 Å². The number of aryl methyl sites for hydroxylation is 1. The van der Waals surface area contributed by atoms with Gasteiger partial charge in [0.2, 0.25) is 0 Å². The van der Waals surface area contributed by atoms with Gasteiger partial charge in [-0.2, -0.15) is 10.2 Å². The van der Waals surface area contributed by atoms with E-state index in [4.69, 9.17) is 0 Å². The van der Waals surface area contributed by atoms with E-state index < -0.39 is 0 Å². The highest BCUT2D eigenvalue weighted by Gasteiger charge is 2.29. The van der Waals surface area contributed by atoms with Crippen LogP contribution in [-0.4, -0.2) is 16.2 Å². The predicted molar refractivity (Wildman–Crippen MR) is 75.8 cm³/mol. The predicted octanol–water partition coefficient (Wildman–Crippen LogP) is 2.82. The lowest BCUT2D eigenvalue weighted by Gasteiger charge is -2.36. The van der Waals surface area contributed by atoms with E-state index in [0.29, 0.717) is 6.04 Å². The summed E-state index contributed by atoms with van der Waals surface area (Å²) >= 11 is 0. The van der Waals surface area contributed by atoms with Crippen LogP contribution in [0.4, 0.5) is 0 Å². The van der Waals surface area contributed by atoms with Gasteiger partial charge in [-0.1, -0.05) is 29.8 Å². The maximum Gasteiger partial charge on any atom is 0.0769 e. The average Bonchev–Trinajstić information content (AvgIpc) is 2.38. The Bertz CT molecular complexity index is 533. The van der Waals surface area contributed by atoms with Crippen molar-refractivity contribution in [2.45, 2.75) is 38.3 Å². The molecule has 0 amide bonds. The van der Waals surface area contributed by atoms with Gasteiger partial charge in [0.25, 0.3) is 0 Å². The van der Waals surface area contributed by atoms with E-state index >= 15 is 0 Å². The largest absolute Gasteiger partial charge is 0.308 e. The fourth-order valence-electron chi connectivity index (χ4n) is 2.66. The third-order valence-electron chi connectivity index (χ3n) is 3.85. The molecule has 0 bridgehead atoms. The molecular formula is C16H19N3. The molecule has 98 valence electrons. The Labute approximate surface area is 114 Å². The van der Waals surface area contributed by atoms with Gasteiger partial charge in [-0.05, 0) is 43.4 Å². The van der Waals surface area contributed by atoms with Gasteiger partial charge in [-0.3, -0.25) is 0 Å². The van der Waals surface area contributed by atoms with Crippen molar-refractivity contribution in [3.05, 3.63) is 59.4 Å². The van der Waals surface area contributed by atoms with E-state index in [1.54, 1.807) is 6.20 Å². The Morgan fingerprint density at radius 1 is 1.21 bits per heavy atom. The molecule has 1 heterocycles. The van der Waals surface area contributed by atoms with Crippen molar-refractivity contribution in [2.24, 2.45) is 0 Å². The van der Waals surface area contributed by atoms with Gasteiger partial charge < -0.3 is 5.32 Å². The van der Waals surface area contributed by atoms with Gasteiger partial charge in [0.15, 0.2) is 0 Å². The number of benzene rings is 1. The van der Waals surface area contributed by atoms with Gasteiger partial charge in [-0.15, -0.1) is 0 Å². The minimum atomic E-state index is 0.618. The van der Waals surface area contributed by atoms with Crippen molar-refractivity contribution in [1.82, 2.24) is 15.5 Å². The average molecular weight is 253 g/mol. The van der Waals surface area contributed by atoms with E-state index in [-0.39, 0.29) is 0 Å². The second kappa shape index (κ2) is 5.49. The Balaban J connectivity index is 1.48. The van der Waals surface area contributed by atoms with Gasteiger partial charge in [0.1, 0.15) is 0 Å². The molecule has 1 aromatic heterocycles. The molecular weight excluding hydrogens is 234 g/mol. The number of hydrogen-bond donors (Lipinski definition) is 1. The number of rotatable bonds is 4. The first-order chi connectivity index (χ1) is 9.31. The van der Waals surface area contributed by atoms with Crippen molar-refractivity contribution in [2.75, 3.05) is 0 Å². The van der Waals surface area contributed by atoms with Gasteiger partial charge in [0.05, 0.1) is 5.69 Å². The van der Waals surface area contributed by atoms with E-state index in [2.05, 4.69) is 46.7 Å². The highest BCUT2D eigenvalue weighted by Crippen LogP contribution is 2.37. The van der Waals surface area contributed by atoms with Crippen LogP contribution in [0.25, 0.3) is 0 Å². The zero-order chi connectivity index (χ0) is 13.1.